The highest BCUT2D eigenvalue weighted by atomic mass is 16.5. The quantitative estimate of drug-likeness (QED) is 0.565. The minimum atomic E-state index is 0.147. The topological polar surface area (TPSA) is 54.9 Å². The molecular formula is C23H31N3O2. The predicted molar refractivity (Wildman–Crippen MR) is 114 cm³/mol. The molecule has 28 heavy (non-hydrogen) atoms. The van der Waals surface area contributed by atoms with Crippen LogP contribution >= 0.6 is 0 Å². The molecule has 3 rings (SSSR count). The van der Waals surface area contributed by atoms with Gasteiger partial charge in [-0.25, -0.2) is 4.99 Å². The van der Waals surface area contributed by atoms with Gasteiger partial charge < -0.3 is 20.1 Å². The second-order valence-corrected chi connectivity index (χ2v) is 7.14. The molecule has 2 aromatic carbocycles. The highest BCUT2D eigenvalue weighted by Gasteiger charge is 2.29. The molecule has 2 atom stereocenters. The monoisotopic (exact) mass is 381 g/mol. The third-order valence-corrected chi connectivity index (χ3v) is 5.07. The molecule has 150 valence electrons. The van der Waals surface area contributed by atoms with Gasteiger partial charge in [0.2, 0.25) is 0 Å². The van der Waals surface area contributed by atoms with Crippen LogP contribution < -0.4 is 15.4 Å². The minimum Gasteiger partial charge on any atom is -0.496 e. The summed E-state index contributed by atoms with van der Waals surface area (Å²) in [6.07, 6.45) is 1.20. The van der Waals surface area contributed by atoms with E-state index in [0.717, 1.165) is 43.4 Å². The Hall–Kier alpha value is -2.53. The Morgan fingerprint density at radius 3 is 2.75 bits per heavy atom. The summed E-state index contributed by atoms with van der Waals surface area (Å²) in [5, 5.41) is 6.84. The minimum absolute atomic E-state index is 0.147. The second kappa shape index (κ2) is 10.1. The van der Waals surface area contributed by atoms with E-state index in [-0.39, 0.29) is 6.10 Å². The summed E-state index contributed by atoms with van der Waals surface area (Å²) in [6.45, 7) is 7.17. The Morgan fingerprint density at radius 1 is 1.18 bits per heavy atom. The maximum Gasteiger partial charge on any atom is 0.191 e. The van der Waals surface area contributed by atoms with Gasteiger partial charge in [-0.05, 0) is 37.5 Å². The number of guanidine groups is 1. The molecule has 1 aliphatic heterocycles. The van der Waals surface area contributed by atoms with E-state index in [9.17, 15) is 0 Å². The molecule has 1 aliphatic rings. The highest BCUT2D eigenvalue weighted by Crippen LogP contribution is 2.33. The van der Waals surface area contributed by atoms with Crippen LogP contribution in [0.1, 0.15) is 36.1 Å². The number of benzene rings is 2. The molecule has 2 unspecified atom stereocenters. The second-order valence-electron chi connectivity index (χ2n) is 7.14. The first-order valence-corrected chi connectivity index (χ1v) is 10.0. The van der Waals surface area contributed by atoms with Crippen LogP contribution in [0, 0.1) is 12.8 Å². The lowest BCUT2D eigenvalue weighted by Gasteiger charge is -2.21. The van der Waals surface area contributed by atoms with Gasteiger partial charge in [0.05, 0.1) is 19.8 Å². The zero-order valence-electron chi connectivity index (χ0n) is 17.1. The SMILES string of the molecule is CCNC(=NCc1ccc(C)cc1OC)NCC1CCOC1c1ccccc1. The van der Waals surface area contributed by atoms with Crippen LogP contribution in [0.2, 0.25) is 0 Å². The number of ether oxygens (including phenoxy) is 2. The van der Waals surface area contributed by atoms with Crippen LogP contribution in [0.5, 0.6) is 5.75 Å². The zero-order valence-corrected chi connectivity index (χ0v) is 17.1. The number of aliphatic imine (C=N–C) groups is 1. The van der Waals surface area contributed by atoms with Gasteiger partial charge in [-0.1, -0.05) is 42.5 Å². The van der Waals surface area contributed by atoms with Crippen molar-refractivity contribution in [1.82, 2.24) is 10.6 Å². The van der Waals surface area contributed by atoms with Crippen LogP contribution in [0.3, 0.4) is 0 Å². The van der Waals surface area contributed by atoms with Crippen molar-refractivity contribution in [3.8, 4) is 5.75 Å². The molecule has 5 heteroatoms. The molecule has 1 fully saturated rings. The maximum absolute atomic E-state index is 6.00. The van der Waals surface area contributed by atoms with E-state index in [0.29, 0.717) is 12.5 Å². The van der Waals surface area contributed by atoms with Crippen LogP contribution in [-0.2, 0) is 11.3 Å². The third kappa shape index (κ3) is 5.26. The van der Waals surface area contributed by atoms with Gasteiger partial charge in [0.15, 0.2) is 5.96 Å². The summed E-state index contributed by atoms with van der Waals surface area (Å²) < 4.78 is 11.5. The summed E-state index contributed by atoms with van der Waals surface area (Å²) in [6, 6.07) is 16.7. The van der Waals surface area contributed by atoms with Gasteiger partial charge >= 0.3 is 0 Å². The molecule has 0 radical (unpaired) electrons. The average molecular weight is 382 g/mol. The number of aryl methyl sites for hydroxylation is 1. The molecule has 2 aromatic rings. The molecule has 0 amide bonds. The first kappa shape index (κ1) is 20.2. The predicted octanol–water partition coefficient (Wildman–Crippen LogP) is 3.84. The zero-order chi connectivity index (χ0) is 19.8. The number of nitrogens with zero attached hydrogens (tertiary/aromatic N) is 1. The third-order valence-electron chi connectivity index (χ3n) is 5.07. The lowest BCUT2D eigenvalue weighted by molar-refractivity contribution is 0.0915. The van der Waals surface area contributed by atoms with Crippen LogP contribution in [0.15, 0.2) is 53.5 Å². The molecule has 2 N–H and O–H groups in total. The molecule has 0 aliphatic carbocycles. The number of hydrogen-bond acceptors (Lipinski definition) is 3. The van der Waals surface area contributed by atoms with Crippen molar-refractivity contribution in [1.29, 1.82) is 0 Å². The number of hydrogen-bond donors (Lipinski definition) is 2. The fourth-order valence-corrected chi connectivity index (χ4v) is 3.57. The van der Waals surface area contributed by atoms with E-state index in [2.05, 4.69) is 60.9 Å². The van der Waals surface area contributed by atoms with Crippen molar-refractivity contribution in [3.05, 3.63) is 65.2 Å². The lowest BCUT2D eigenvalue weighted by atomic mass is 9.95. The normalized spacial score (nSPS) is 19.5. The Labute approximate surface area is 168 Å². The molecule has 0 aromatic heterocycles. The van der Waals surface area contributed by atoms with Gasteiger partial charge in [0.25, 0.3) is 0 Å². The largest absolute Gasteiger partial charge is 0.496 e. The van der Waals surface area contributed by atoms with Crippen molar-refractivity contribution >= 4 is 5.96 Å². The number of methoxy groups -OCH3 is 1. The summed E-state index contributed by atoms with van der Waals surface area (Å²) in [5.74, 6) is 2.14. The fourth-order valence-electron chi connectivity index (χ4n) is 3.57. The summed E-state index contributed by atoms with van der Waals surface area (Å²) in [7, 11) is 1.70. The summed E-state index contributed by atoms with van der Waals surface area (Å²) >= 11 is 0. The Kier molecular flexibility index (Phi) is 7.31. The van der Waals surface area contributed by atoms with E-state index < -0.39 is 0 Å². The van der Waals surface area contributed by atoms with Gasteiger partial charge in [-0.3, -0.25) is 0 Å². The van der Waals surface area contributed by atoms with E-state index in [1.807, 2.05) is 12.1 Å². The smallest absolute Gasteiger partial charge is 0.191 e. The van der Waals surface area contributed by atoms with Gasteiger partial charge in [0, 0.05) is 31.2 Å². The van der Waals surface area contributed by atoms with Crippen molar-refractivity contribution < 1.29 is 9.47 Å². The van der Waals surface area contributed by atoms with Gasteiger partial charge in [0.1, 0.15) is 5.75 Å². The van der Waals surface area contributed by atoms with Crippen molar-refractivity contribution in [2.24, 2.45) is 10.9 Å². The average Bonchev–Trinajstić information content (AvgIpc) is 3.20. The highest BCUT2D eigenvalue weighted by molar-refractivity contribution is 5.79. The van der Waals surface area contributed by atoms with Crippen LogP contribution in [0.25, 0.3) is 0 Å². The van der Waals surface area contributed by atoms with Crippen LogP contribution in [0.4, 0.5) is 0 Å². The molecular weight excluding hydrogens is 350 g/mol. The van der Waals surface area contributed by atoms with E-state index >= 15 is 0 Å². The summed E-state index contributed by atoms with van der Waals surface area (Å²) in [5.41, 5.74) is 3.51. The Balaban J connectivity index is 1.63. The summed E-state index contributed by atoms with van der Waals surface area (Å²) in [4.78, 5) is 4.75. The van der Waals surface area contributed by atoms with Gasteiger partial charge in [-0.2, -0.15) is 0 Å². The molecule has 5 nitrogen and oxygen atoms in total. The van der Waals surface area contributed by atoms with Crippen molar-refractivity contribution in [3.63, 3.8) is 0 Å². The number of rotatable bonds is 7. The Bertz CT molecular complexity index is 777. The first-order chi connectivity index (χ1) is 13.7. The lowest BCUT2D eigenvalue weighted by Crippen LogP contribution is -2.40. The molecule has 0 spiro atoms. The molecule has 0 bridgehead atoms. The molecule has 1 heterocycles. The molecule has 0 saturated carbocycles. The Morgan fingerprint density at radius 2 is 2.00 bits per heavy atom. The van der Waals surface area contributed by atoms with Gasteiger partial charge in [-0.15, -0.1) is 0 Å². The van der Waals surface area contributed by atoms with E-state index in [1.165, 1.54) is 11.1 Å². The first-order valence-electron chi connectivity index (χ1n) is 10.0. The van der Waals surface area contributed by atoms with E-state index in [4.69, 9.17) is 14.5 Å². The van der Waals surface area contributed by atoms with Crippen LogP contribution in [-0.4, -0.2) is 32.8 Å². The van der Waals surface area contributed by atoms with Crippen molar-refractivity contribution in [2.75, 3.05) is 26.8 Å². The standard InChI is InChI=1S/C23H31N3O2/c1-4-24-23(25-15-19-11-10-17(2)14-21(19)27-3)26-16-20-12-13-28-22(20)18-8-6-5-7-9-18/h5-11,14,20,22H,4,12-13,15-16H2,1-3H3,(H2,24,25,26). The van der Waals surface area contributed by atoms with Crippen molar-refractivity contribution in [2.45, 2.75) is 32.9 Å². The fraction of sp³-hybridized carbons (Fsp3) is 0.435. The van der Waals surface area contributed by atoms with E-state index in [1.54, 1.807) is 7.11 Å². The molecule has 1 saturated heterocycles. The number of nitrogens with one attached hydrogen (secondary N) is 2. The maximum atomic E-state index is 6.00.